The van der Waals surface area contributed by atoms with E-state index in [4.69, 9.17) is 0 Å². The van der Waals surface area contributed by atoms with Crippen LogP contribution in [0, 0.1) is 6.92 Å². The molecular formula is C53H46N2S4. The number of para-hydroxylation sites is 2. The molecule has 2 nitrogen and oxygen atoms in total. The van der Waals surface area contributed by atoms with Crippen molar-refractivity contribution in [2.75, 3.05) is 0 Å². The summed E-state index contributed by atoms with van der Waals surface area (Å²) in [6.07, 6.45) is 12.2. The Bertz CT molecular complexity index is 3210. The largest absolute Gasteiger partial charge is 0.309 e. The van der Waals surface area contributed by atoms with Crippen molar-refractivity contribution in [2.45, 2.75) is 71.6 Å². The molecule has 0 N–H and O–H groups in total. The van der Waals surface area contributed by atoms with Crippen molar-refractivity contribution in [1.82, 2.24) is 9.13 Å². The maximum atomic E-state index is 2.48. The smallest absolute Gasteiger partial charge is 0.0548 e. The van der Waals surface area contributed by atoms with Gasteiger partial charge in [0.25, 0.3) is 0 Å². The predicted octanol–water partition coefficient (Wildman–Crippen LogP) is 17.8. The molecule has 6 heteroatoms. The molecule has 0 atom stereocenters. The molecule has 5 aromatic carbocycles. The van der Waals surface area contributed by atoms with Gasteiger partial charge in [0.15, 0.2) is 0 Å². The molecule has 0 saturated carbocycles. The fourth-order valence-electron chi connectivity index (χ4n) is 9.23. The molecule has 11 aromatic rings. The minimum Gasteiger partial charge on any atom is -0.309 e. The summed E-state index contributed by atoms with van der Waals surface area (Å²) in [5.74, 6) is 0. The van der Waals surface area contributed by atoms with E-state index in [1.165, 1.54) is 157 Å². The highest BCUT2D eigenvalue weighted by atomic mass is 32.1. The van der Waals surface area contributed by atoms with Crippen molar-refractivity contribution in [1.29, 1.82) is 0 Å². The van der Waals surface area contributed by atoms with E-state index in [2.05, 4.69) is 156 Å². The normalized spacial score (nSPS) is 12.2. The monoisotopic (exact) mass is 838 g/mol. The number of aryl methyl sites for hydroxylation is 2. The minimum atomic E-state index is 1.18. The number of hydrogen-bond donors (Lipinski definition) is 0. The Morgan fingerprint density at radius 1 is 0.407 bits per heavy atom. The number of benzene rings is 5. The first kappa shape index (κ1) is 37.1. The second-order valence-electron chi connectivity index (χ2n) is 16.2. The van der Waals surface area contributed by atoms with Crippen LogP contribution in [0.1, 0.15) is 68.0 Å². The number of unbranched alkanes of at least 4 members (excludes halogenated alkanes) is 7. The molecule has 0 aliphatic rings. The van der Waals surface area contributed by atoms with Crippen LogP contribution in [0.25, 0.3) is 94.7 Å². The van der Waals surface area contributed by atoms with Gasteiger partial charge in [0.1, 0.15) is 0 Å². The summed E-state index contributed by atoms with van der Waals surface area (Å²) in [6.45, 7) is 4.50. The zero-order valence-corrected chi connectivity index (χ0v) is 36.9. The molecule has 11 rings (SSSR count). The summed E-state index contributed by atoms with van der Waals surface area (Å²) in [7, 11) is 0. The number of aromatic nitrogens is 2. The molecule has 6 heterocycles. The number of thiophene rings is 4. The summed E-state index contributed by atoms with van der Waals surface area (Å²) < 4.78 is 10.6. The Morgan fingerprint density at radius 2 is 0.881 bits per heavy atom. The molecule has 0 bridgehead atoms. The van der Waals surface area contributed by atoms with Gasteiger partial charge in [-0.3, -0.25) is 0 Å². The summed E-state index contributed by atoms with van der Waals surface area (Å²) in [6, 6.07) is 50.6. The van der Waals surface area contributed by atoms with Crippen molar-refractivity contribution in [3.05, 3.63) is 143 Å². The highest BCUT2D eigenvalue weighted by Gasteiger charge is 2.21. The van der Waals surface area contributed by atoms with Crippen molar-refractivity contribution >= 4 is 108 Å². The van der Waals surface area contributed by atoms with Crippen LogP contribution in [-0.4, -0.2) is 9.13 Å². The van der Waals surface area contributed by atoms with Gasteiger partial charge < -0.3 is 9.13 Å². The van der Waals surface area contributed by atoms with E-state index in [0.717, 1.165) is 0 Å². The van der Waals surface area contributed by atoms with E-state index in [1.807, 2.05) is 45.3 Å². The molecule has 292 valence electrons. The summed E-state index contributed by atoms with van der Waals surface area (Å²) >= 11 is 7.75. The molecule has 0 fully saturated rings. The first-order valence-electron chi connectivity index (χ1n) is 21.3. The lowest BCUT2D eigenvalue weighted by atomic mass is 10.1. The fourth-order valence-corrected chi connectivity index (χ4v) is 14.0. The average Bonchev–Trinajstić information content (AvgIpc) is 4.11. The number of hydrogen-bond acceptors (Lipinski definition) is 4. The van der Waals surface area contributed by atoms with Gasteiger partial charge in [0, 0.05) is 71.2 Å². The molecule has 0 saturated heterocycles. The van der Waals surface area contributed by atoms with Crippen molar-refractivity contribution in [3.63, 3.8) is 0 Å². The number of fused-ring (bicyclic) bond motifs is 8. The molecule has 0 aliphatic heterocycles. The van der Waals surface area contributed by atoms with E-state index < -0.39 is 0 Å². The molecule has 0 unspecified atom stereocenters. The third kappa shape index (κ3) is 6.75. The third-order valence-corrected chi connectivity index (χ3v) is 16.8. The number of rotatable bonds is 13. The Balaban J connectivity index is 1.02. The SMILES string of the molecule is CCCCCCCCCCc1cc2sc(-c3ccc4c(c3)c3cc5c(cc3n4-c3ccccc3)c3cc(-c4cc6sc(C)cc6s4)ccc3n5-c3ccccc3)cc2s1. The third-order valence-electron chi connectivity index (χ3n) is 12.1. The Labute approximate surface area is 361 Å². The van der Waals surface area contributed by atoms with E-state index in [1.54, 1.807) is 4.88 Å². The van der Waals surface area contributed by atoms with E-state index in [-0.39, 0.29) is 0 Å². The van der Waals surface area contributed by atoms with Crippen LogP contribution in [0.2, 0.25) is 0 Å². The van der Waals surface area contributed by atoms with Gasteiger partial charge in [-0.1, -0.05) is 100 Å². The summed E-state index contributed by atoms with van der Waals surface area (Å²) in [5.41, 5.74) is 9.87. The lowest BCUT2D eigenvalue weighted by molar-refractivity contribution is 0.576. The maximum absolute atomic E-state index is 2.48. The molecule has 59 heavy (non-hydrogen) atoms. The molecule has 0 radical (unpaired) electrons. The Morgan fingerprint density at radius 3 is 1.41 bits per heavy atom. The molecule has 0 spiro atoms. The standard InChI is InChI=1S/C53H46N2S4/c1-3-4-5-6-7-8-9-16-21-39-29-51-53(57-39)33-49(59-51)36-23-25-45-41(28-36)43-31-46-42(30-47(43)55(45)38-19-14-11-15-20-38)40-27-35(48-32-52-50(58-48)26-34(2)56-52)22-24-44(40)54(46)37-17-12-10-13-18-37/h10-15,17-20,22-33H,3-9,16,21H2,1-2H3. The first-order valence-corrected chi connectivity index (χ1v) is 24.6. The topological polar surface area (TPSA) is 9.86 Å². The quantitative estimate of drug-likeness (QED) is 0.102. The molecular weight excluding hydrogens is 793 g/mol. The van der Waals surface area contributed by atoms with E-state index in [0.29, 0.717) is 0 Å². The van der Waals surface area contributed by atoms with Crippen LogP contribution in [-0.2, 0) is 6.42 Å². The lowest BCUT2D eigenvalue weighted by Gasteiger charge is -2.09. The van der Waals surface area contributed by atoms with Gasteiger partial charge in [-0.15, -0.1) is 45.3 Å². The van der Waals surface area contributed by atoms with Crippen LogP contribution in [0.3, 0.4) is 0 Å². The van der Waals surface area contributed by atoms with Gasteiger partial charge >= 0.3 is 0 Å². The van der Waals surface area contributed by atoms with Crippen LogP contribution >= 0.6 is 45.3 Å². The van der Waals surface area contributed by atoms with Crippen LogP contribution < -0.4 is 0 Å². The zero-order chi connectivity index (χ0) is 39.5. The Kier molecular flexibility index (Phi) is 9.77. The molecule has 0 amide bonds. The van der Waals surface area contributed by atoms with Crippen molar-refractivity contribution in [2.24, 2.45) is 0 Å². The van der Waals surface area contributed by atoms with E-state index in [9.17, 15) is 0 Å². The van der Waals surface area contributed by atoms with Crippen LogP contribution in [0.5, 0.6) is 0 Å². The highest BCUT2D eigenvalue weighted by molar-refractivity contribution is 7.30. The highest BCUT2D eigenvalue weighted by Crippen LogP contribution is 2.45. The van der Waals surface area contributed by atoms with Gasteiger partial charge in [0.2, 0.25) is 0 Å². The second kappa shape index (κ2) is 15.6. The Hall–Kier alpha value is -4.98. The number of nitrogens with zero attached hydrogens (tertiary/aromatic N) is 2. The minimum absolute atomic E-state index is 1.18. The molecule has 0 aliphatic carbocycles. The van der Waals surface area contributed by atoms with Crippen LogP contribution in [0.15, 0.2) is 133 Å². The van der Waals surface area contributed by atoms with E-state index >= 15 is 0 Å². The van der Waals surface area contributed by atoms with Crippen molar-refractivity contribution < 1.29 is 0 Å². The zero-order valence-electron chi connectivity index (χ0n) is 33.6. The van der Waals surface area contributed by atoms with Gasteiger partial charge in [0.05, 0.1) is 22.1 Å². The average molecular weight is 839 g/mol. The van der Waals surface area contributed by atoms with Crippen molar-refractivity contribution in [3.8, 4) is 32.3 Å². The van der Waals surface area contributed by atoms with Crippen LogP contribution in [0.4, 0.5) is 0 Å². The molecule has 6 aromatic heterocycles. The lowest BCUT2D eigenvalue weighted by Crippen LogP contribution is -1.94. The summed E-state index contributed by atoms with van der Waals surface area (Å²) in [4.78, 5) is 5.59. The van der Waals surface area contributed by atoms with Gasteiger partial charge in [-0.25, -0.2) is 0 Å². The van der Waals surface area contributed by atoms with Gasteiger partial charge in [-0.05, 0) is 116 Å². The summed E-state index contributed by atoms with van der Waals surface area (Å²) in [5, 5.41) is 5.12. The predicted molar refractivity (Wildman–Crippen MR) is 264 cm³/mol. The second-order valence-corrected chi connectivity index (χ2v) is 20.8. The maximum Gasteiger partial charge on any atom is 0.0548 e. The first-order chi connectivity index (χ1) is 29.1. The van der Waals surface area contributed by atoms with Gasteiger partial charge in [-0.2, -0.15) is 0 Å². The fraction of sp³-hybridized carbons (Fsp3) is 0.208.